The van der Waals surface area contributed by atoms with Crippen molar-refractivity contribution in [3.63, 3.8) is 0 Å². The van der Waals surface area contributed by atoms with Crippen LogP contribution in [0.4, 0.5) is 0 Å². The van der Waals surface area contributed by atoms with Gasteiger partial charge in [0.05, 0.1) is 6.61 Å². The van der Waals surface area contributed by atoms with Gasteiger partial charge in [-0.2, -0.15) is 0 Å². The first-order valence-corrected chi connectivity index (χ1v) is 3.40. The quantitative estimate of drug-likeness (QED) is 0.464. The Labute approximate surface area is 57.6 Å². The minimum Gasteiger partial charge on any atom is -0.558 e. The van der Waals surface area contributed by atoms with E-state index >= 15 is 0 Å². The van der Waals surface area contributed by atoms with Crippen LogP contribution in [-0.4, -0.2) is 23.7 Å². The van der Waals surface area contributed by atoms with Gasteiger partial charge in [0.25, 0.3) is 0 Å². The van der Waals surface area contributed by atoms with E-state index < -0.39 is 26.9 Å². The summed E-state index contributed by atoms with van der Waals surface area (Å²) in [6.07, 6.45) is 0. The van der Waals surface area contributed by atoms with E-state index in [1.165, 1.54) is 0 Å². The Kier molecular flexibility index (Phi) is 4.06. The molecule has 0 rings (SSSR count). The summed E-state index contributed by atoms with van der Waals surface area (Å²) < 4.78 is 13.3. The van der Waals surface area contributed by atoms with E-state index in [-0.39, 0.29) is 0 Å². The van der Waals surface area contributed by atoms with Gasteiger partial charge < -0.3 is 15.7 Å². The molecule has 2 atom stereocenters. The fourth-order valence-electron chi connectivity index (χ4n) is 0.216. The van der Waals surface area contributed by atoms with E-state index in [2.05, 4.69) is 4.52 Å². The Morgan fingerprint density at radius 3 is 2.70 bits per heavy atom. The molecule has 0 aliphatic carbocycles. The zero-order chi connectivity index (χ0) is 8.15. The maximum Gasteiger partial charge on any atom is 0.542 e. The highest BCUT2D eigenvalue weighted by Crippen LogP contribution is 2.09. The number of nitrogens with two attached hydrogens (primary N) is 1. The van der Waals surface area contributed by atoms with Crippen LogP contribution >= 0.6 is 8.25 Å². The molecule has 7 heteroatoms. The van der Waals surface area contributed by atoms with Crippen molar-refractivity contribution in [3.8, 4) is 0 Å². The van der Waals surface area contributed by atoms with Crippen molar-refractivity contribution in [2.45, 2.75) is 6.04 Å². The number of rotatable bonds is 3. The molecule has 58 valence electrons. The third-order valence-corrected chi connectivity index (χ3v) is 0.993. The molecule has 2 unspecified atom stereocenters. The molecule has 0 spiro atoms. The van der Waals surface area contributed by atoms with E-state index in [4.69, 9.17) is 10.8 Å². The first-order chi connectivity index (χ1) is 4.57. The van der Waals surface area contributed by atoms with Crippen molar-refractivity contribution in [1.29, 1.82) is 0 Å². The monoisotopic (exact) mass is 167 g/mol. The van der Waals surface area contributed by atoms with Crippen LogP contribution in [0.5, 0.6) is 0 Å². The van der Waals surface area contributed by atoms with Gasteiger partial charge in [0.2, 0.25) is 0 Å². The van der Waals surface area contributed by atoms with Gasteiger partial charge in [-0.3, -0.25) is 0 Å². The summed E-state index contributed by atoms with van der Waals surface area (Å²) in [6, 6.07) is -1.28. The molecule has 0 heterocycles. The zero-order valence-corrected chi connectivity index (χ0v) is 5.78. The molecule has 0 radical (unpaired) electrons. The van der Waals surface area contributed by atoms with Crippen LogP contribution in [-0.2, 0) is 13.9 Å². The summed E-state index contributed by atoms with van der Waals surface area (Å²) in [5.41, 5.74) is 4.87. The average Bonchev–Trinajstić information content (AvgIpc) is 1.85. The normalized spacial score (nSPS) is 14.1. The predicted molar refractivity (Wildman–Crippen MR) is 28.8 cm³/mol. The number of hydrogen-bond donors (Lipinski definition) is 2. The summed E-state index contributed by atoms with van der Waals surface area (Å²) in [5, 5.41) is 8.20. The SMILES string of the molecule is NC(CO)C(=O)O[P+](=O)[O-]. The highest BCUT2D eigenvalue weighted by Gasteiger charge is 2.20. The van der Waals surface area contributed by atoms with Crippen molar-refractivity contribution in [3.05, 3.63) is 0 Å². The standard InChI is InChI=1S/C3H6NO5P/c4-2(1-5)3(6)9-10(7)8/h2,5H,1,4H2. The number of aliphatic hydroxyl groups excluding tert-OH is 1. The molecule has 0 saturated carbocycles. The number of aliphatic hydroxyl groups is 1. The summed E-state index contributed by atoms with van der Waals surface area (Å²) in [6.45, 7) is -0.637. The van der Waals surface area contributed by atoms with Gasteiger partial charge in [-0.1, -0.05) is 0 Å². The third-order valence-electron chi connectivity index (χ3n) is 0.664. The molecular formula is C3H6NO5P. The highest BCUT2D eigenvalue weighted by atomic mass is 31.1. The average molecular weight is 167 g/mol. The van der Waals surface area contributed by atoms with Gasteiger partial charge in [0.1, 0.15) is 6.04 Å². The Balaban J connectivity index is 3.73. The van der Waals surface area contributed by atoms with Crippen LogP contribution in [0.1, 0.15) is 0 Å². The van der Waals surface area contributed by atoms with Crippen LogP contribution in [0, 0.1) is 0 Å². The van der Waals surface area contributed by atoms with E-state index in [1.807, 2.05) is 0 Å². The Hall–Kier alpha value is -0.550. The third kappa shape index (κ3) is 3.47. The Morgan fingerprint density at radius 1 is 1.90 bits per heavy atom. The van der Waals surface area contributed by atoms with E-state index in [0.717, 1.165) is 0 Å². The van der Waals surface area contributed by atoms with E-state index in [1.54, 1.807) is 0 Å². The molecule has 0 bridgehead atoms. The fraction of sp³-hybridized carbons (Fsp3) is 0.667. The molecule has 0 aromatic heterocycles. The second kappa shape index (κ2) is 4.29. The van der Waals surface area contributed by atoms with E-state index in [0.29, 0.717) is 0 Å². The van der Waals surface area contributed by atoms with Crippen molar-refractivity contribution in [2.24, 2.45) is 5.73 Å². The van der Waals surface area contributed by atoms with Gasteiger partial charge in [0, 0.05) is 0 Å². The van der Waals surface area contributed by atoms with Crippen molar-refractivity contribution >= 4 is 14.2 Å². The number of carbonyl (C=O) groups excluding carboxylic acids is 1. The summed E-state index contributed by atoms with van der Waals surface area (Å²) in [4.78, 5) is 20.0. The molecule has 6 nitrogen and oxygen atoms in total. The second-order valence-electron chi connectivity index (χ2n) is 1.42. The second-order valence-corrected chi connectivity index (χ2v) is 2.05. The maximum absolute atomic E-state index is 10.3. The minimum absolute atomic E-state index is 0.637. The first kappa shape index (κ1) is 9.45. The first-order valence-electron chi connectivity index (χ1n) is 2.30. The fourth-order valence-corrected chi connectivity index (χ4v) is 0.498. The summed E-state index contributed by atoms with van der Waals surface area (Å²) in [7, 11) is -3.22. The lowest BCUT2D eigenvalue weighted by Crippen LogP contribution is -2.34. The van der Waals surface area contributed by atoms with Gasteiger partial charge >= 0.3 is 14.2 Å². The van der Waals surface area contributed by atoms with Gasteiger partial charge in [0.15, 0.2) is 0 Å². The van der Waals surface area contributed by atoms with Gasteiger partial charge in [-0.15, -0.1) is 0 Å². The molecule has 3 N–H and O–H groups in total. The molecule has 0 aromatic carbocycles. The largest absolute Gasteiger partial charge is 0.558 e. The van der Waals surface area contributed by atoms with Crippen LogP contribution in [0.25, 0.3) is 0 Å². The van der Waals surface area contributed by atoms with Gasteiger partial charge in [-0.05, 0) is 4.57 Å². The Morgan fingerprint density at radius 2 is 2.40 bits per heavy atom. The van der Waals surface area contributed by atoms with Crippen molar-refractivity contribution in [1.82, 2.24) is 0 Å². The van der Waals surface area contributed by atoms with Gasteiger partial charge in [-0.25, -0.2) is 9.32 Å². The molecule has 0 aliphatic heterocycles. The smallest absolute Gasteiger partial charge is 0.542 e. The lowest BCUT2D eigenvalue weighted by Gasteiger charge is -1.99. The molecular weight excluding hydrogens is 161 g/mol. The van der Waals surface area contributed by atoms with Crippen molar-refractivity contribution < 1.29 is 23.9 Å². The summed E-state index contributed by atoms with van der Waals surface area (Å²) >= 11 is 0. The molecule has 10 heavy (non-hydrogen) atoms. The molecule has 0 aliphatic rings. The minimum atomic E-state index is -3.22. The number of hydrogen-bond acceptors (Lipinski definition) is 6. The van der Waals surface area contributed by atoms with Crippen LogP contribution in [0.2, 0.25) is 0 Å². The van der Waals surface area contributed by atoms with Crippen LogP contribution < -0.4 is 10.6 Å². The van der Waals surface area contributed by atoms with Crippen LogP contribution in [0.3, 0.4) is 0 Å². The summed E-state index contributed by atoms with van der Waals surface area (Å²) in [5.74, 6) is -1.15. The lowest BCUT2D eigenvalue weighted by atomic mass is 10.3. The molecule has 0 amide bonds. The predicted octanol–water partition coefficient (Wildman–Crippen LogP) is -2.13. The number of carbonyl (C=O) groups is 1. The molecule has 0 fully saturated rings. The Bertz CT molecular complexity index is 148. The van der Waals surface area contributed by atoms with Crippen LogP contribution in [0.15, 0.2) is 0 Å². The highest BCUT2D eigenvalue weighted by molar-refractivity contribution is 7.31. The van der Waals surface area contributed by atoms with Crippen molar-refractivity contribution in [2.75, 3.05) is 6.61 Å². The molecule has 0 saturated heterocycles. The molecule has 0 aromatic rings. The van der Waals surface area contributed by atoms with E-state index in [9.17, 15) is 14.3 Å². The maximum atomic E-state index is 10.3. The topological polar surface area (TPSA) is 113 Å². The zero-order valence-electron chi connectivity index (χ0n) is 4.89. The lowest BCUT2D eigenvalue weighted by molar-refractivity contribution is -0.188.